The number of nitrogens with zero attached hydrogens (tertiary/aromatic N) is 1. The number of H-pyrrole nitrogens is 1. The number of carbonyl (C=O) groups excluding carboxylic acids is 2. The van der Waals surface area contributed by atoms with Crippen LogP contribution >= 0.6 is 0 Å². The van der Waals surface area contributed by atoms with Gasteiger partial charge in [0.05, 0.1) is 18.8 Å². The Kier molecular flexibility index (Phi) is 8.28. The first-order valence-corrected chi connectivity index (χ1v) is 11.6. The largest absolute Gasteiger partial charge is 0.453 e. The van der Waals surface area contributed by atoms with E-state index >= 15 is 0 Å². The summed E-state index contributed by atoms with van der Waals surface area (Å²) in [5.74, 6) is 0. The summed E-state index contributed by atoms with van der Waals surface area (Å²) in [7, 11) is 1.28. The Morgan fingerprint density at radius 1 is 0.892 bits per heavy atom. The Morgan fingerprint density at radius 3 is 2.19 bits per heavy atom. The summed E-state index contributed by atoms with van der Waals surface area (Å²) in [6.07, 6.45) is -0.845. The van der Waals surface area contributed by atoms with Crippen molar-refractivity contribution in [1.82, 2.24) is 15.5 Å². The van der Waals surface area contributed by atoms with Gasteiger partial charge in [0.1, 0.15) is 6.61 Å². The predicted molar refractivity (Wildman–Crippen MR) is 139 cm³/mol. The third-order valence-corrected chi connectivity index (χ3v) is 5.61. The first-order valence-electron chi connectivity index (χ1n) is 11.6. The smallest absolute Gasteiger partial charge is 0.411 e. The fraction of sp³-hybridized carbons (Fsp3) is 0.143. The SMILES string of the molecule is COC(=O)Nc1ccc(-c2cc(C(Cc3ccccc3)NC(=O)OCc3ccccc3)c(=O)[nH]n2)cc1. The van der Waals surface area contributed by atoms with Gasteiger partial charge in [-0.15, -0.1) is 0 Å². The van der Waals surface area contributed by atoms with Gasteiger partial charge < -0.3 is 14.8 Å². The van der Waals surface area contributed by atoms with E-state index in [9.17, 15) is 14.4 Å². The van der Waals surface area contributed by atoms with Crippen molar-refractivity contribution in [3.8, 4) is 11.3 Å². The van der Waals surface area contributed by atoms with Crippen LogP contribution in [0.2, 0.25) is 0 Å². The molecule has 2 amide bonds. The second-order valence-electron chi connectivity index (χ2n) is 8.18. The van der Waals surface area contributed by atoms with Crippen LogP contribution < -0.4 is 16.2 Å². The van der Waals surface area contributed by atoms with E-state index < -0.39 is 23.8 Å². The molecule has 0 aliphatic carbocycles. The van der Waals surface area contributed by atoms with E-state index in [0.717, 1.165) is 11.1 Å². The molecule has 1 unspecified atom stereocenters. The first kappa shape index (κ1) is 25.2. The summed E-state index contributed by atoms with van der Waals surface area (Å²) in [6.45, 7) is 0.106. The molecule has 0 radical (unpaired) electrons. The summed E-state index contributed by atoms with van der Waals surface area (Å²) in [5, 5.41) is 12.1. The fourth-order valence-electron chi connectivity index (χ4n) is 3.72. The van der Waals surface area contributed by atoms with E-state index in [1.807, 2.05) is 60.7 Å². The number of hydrogen-bond donors (Lipinski definition) is 3. The molecule has 0 aliphatic heterocycles. The molecule has 9 nitrogen and oxygen atoms in total. The Labute approximate surface area is 213 Å². The second-order valence-corrected chi connectivity index (χ2v) is 8.18. The van der Waals surface area contributed by atoms with E-state index in [0.29, 0.717) is 28.9 Å². The lowest BCUT2D eigenvalue weighted by atomic mass is 9.99. The van der Waals surface area contributed by atoms with E-state index in [1.54, 1.807) is 30.3 Å². The number of methoxy groups -OCH3 is 1. The number of aromatic nitrogens is 2. The molecule has 0 saturated carbocycles. The highest BCUT2D eigenvalue weighted by Gasteiger charge is 2.21. The van der Waals surface area contributed by atoms with Crippen molar-refractivity contribution in [3.63, 3.8) is 0 Å². The van der Waals surface area contributed by atoms with Gasteiger partial charge in [-0.3, -0.25) is 10.1 Å². The van der Waals surface area contributed by atoms with Gasteiger partial charge in [-0.05, 0) is 35.7 Å². The highest BCUT2D eigenvalue weighted by Crippen LogP contribution is 2.23. The number of aromatic amines is 1. The Hall–Kier alpha value is -4.92. The topological polar surface area (TPSA) is 122 Å². The molecule has 188 valence electrons. The number of rotatable bonds is 8. The minimum atomic E-state index is -0.670. The van der Waals surface area contributed by atoms with Gasteiger partial charge in [0.25, 0.3) is 5.56 Å². The molecule has 1 heterocycles. The van der Waals surface area contributed by atoms with Gasteiger partial charge in [0.15, 0.2) is 0 Å². The van der Waals surface area contributed by atoms with Crippen LogP contribution in [-0.2, 0) is 22.5 Å². The maximum atomic E-state index is 12.8. The number of hydrogen-bond acceptors (Lipinski definition) is 6. The van der Waals surface area contributed by atoms with Crippen molar-refractivity contribution < 1.29 is 19.1 Å². The quantitative estimate of drug-likeness (QED) is 0.320. The second kappa shape index (κ2) is 12.2. The number of ether oxygens (including phenoxy) is 2. The number of alkyl carbamates (subject to hydrolysis) is 1. The highest BCUT2D eigenvalue weighted by atomic mass is 16.5. The number of anilines is 1. The van der Waals surface area contributed by atoms with Crippen LogP contribution in [0.1, 0.15) is 22.7 Å². The Balaban J connectivity index is 1.57. The minimum Gasteiger partial charge on any atom is -0.453 e. The number of benzene rings is 3. The van der Waals surface area contributed by atoms with Crippen molar-refractivity contribution in [1.29, 1.82) is 0 Å². The molecular formula is C28H26N4O5. The molecule has 3 N–H and O–H groups in total. The van der Waals surface area contributed by atoms with Crippen LogP contribution in [0, 0.1) is 0 Å². The normalized spacial score (nSPS) is 11.3. The van der Waals surface area contributed by atoms with Crippen molar-refractivity contribution in [2.75, 3.05) is 12.4 Å². The van der Waals surface area contributed by atoms with Crippen LogP contribution in [0.5, 0.6) is 0 Å². The average Bonchev–Trinajstić information content (AvgIpc) is 2.93. The average molecular weight is 499 g/mol. The van der Waals surface area contributed by atoms with Gasteiger partial charge >= 0.3 is 12.2 Å². The van der Waals surface area contributed by atoms with Crippen molar-refractivity contribution in [3.05, 3.63) is 118 Å². The highest BCUT2D eigenvalue weighted by molar-refractivity contribution is 5.84. The predicted octanol–water partition coefficient (Wildman–Crippen LogP) is 4.83. The van der Waals surface area contributed by atoms with Crippen molar-refractivity contribution in [2.24, 2.45) is 0 Å². The zero-order valence-electron chi connectivity index (χ0n) is 20.1. The monoisotopic (exact) mass is 498 g/mol. The Morgan fingerprint density at radius 2 is 1.54 bits per heavy atom. The molecule has 1 aromatic heterocycles. The van der Waals surface area contributed by atoms with Crippen LogP contribution in [0.25, 0.3) is 11.3 Å². The van der Waals surface area contributed by atoms with E-state index in [2.05, 4.69) is 25.6 Å². The van der Waals surface area contributed by atoms with Crippen molar-refractivity contribution >= 4 is 17.9 Å². The number of carbonyl (C=O) groups is 2. The molecule has 0 aliphatic rings. The summed E-state index contributed by atoms with van der Waals surface area (Å²) < 4.78 is 10.0. The molecule has 37 heavy (non-hydrogen) atoms. The third kappa shape index (κ3) is 7.04. The first-order chi connectivity index (χ1) is 18.0. The van der Waals surface area contributed by atoms with Gasteiger partial charge in [0.2, 0.25) is 0 Å². The van der Waals surface area contributed by atoms with Gasteiger partial charge in [-0.2, -0.15) is 5.10 Å². The molecule has 0 saturated heterocycles. The molecule has 0 spiro atoms. The molecule has 4 rings (SSSR count). The number of amides is 2. The summed E-state index contributed by atoms with van der Waals surface area (Å²) in [5.41, 5.74) is 3.46. The lowest BCUT2D eigenvalue weighted by molar-refractivity contribution is 0.135. The summed E-state index contributed by atoms with van der Waals surface area (Å²) in [4.78, 5) is 37.0. The van der Waals surface area contributed by atoms with Crippen LogP contribution in [0.3, 0.4) is 0 Å². The maximum absolute atomic E-state index is 12.8. The molecule has 0 bridgehead atoms. The van der Waals surface area contributed by atoms with Gasteiger partial charge in [-0.1, -0.05) is 72.8 Å². The van der Waals surface area contributed by atoms with E-state index in [1.165, 1.54) is 7.11 Å². The standard InChI is InChI=1S/C28H26N4O5/c1-36-27(34)29-22-14-12-21(13-15-22)24-17-23(26(33)32-31-24)25(16-19-8-4-2-5-9-19)30-28(35)37-18-20-10-6-3-7-11-20/h2-15,17,25H,16,18H2,1H3,(H,29,34)(H,30,35)(H,32,33). The number of nitrogens with one attached hydrogen (secondary N) is 3. The van der Waals surface area contributed by atoms with Crippen LogP contribution in [0.15, 0.2) is 95.8 Å². The minimum absolute atomic E-state index is 0.106. The summed E-state index contributed by atoms with van der Waals surface area (Å²) >= 11 is 0. The summed E-state index contributed by atoms with van der Waals surface area (Å²) in [6, 6.07) is 26.7. The molecule has 4 aromatic rings. The molecule has 0 fully saturated rings. The lowest BCUT2D eigenvalue weighted by Gasteiger charge is -2.19. The third-order valence-electron chi connectivity index (χ3n) is 5.61. The van der Waals surface area contributed by atoms with Gasteiger partial charge in [-0.25, -0.2) is 14.7 Å². The zero-order valence-corrected chi connectivity index (χ0v) is 20.1. The molecule has 1 atom stereocenters. The molecule has 3 aromatic carbocycles. The fourth-order valence-corrected chi connectivity index (χ4v) is 3.72. The van der Waals surface area contributed by atoms with E-state index in [-0.39, 0.29) is 6.61 Å². The van der Waals surface area contributed by atoms with Crippen molar-refractivity contribution in [2.45, 2.75) is 19.1 Å². The van der Waals surface area contributed by atoms with Crippen LogP contribution in [-0.4, -0.2) is 29.5 Å². The van der Waals surface area contributed by atoms with Gasteiger partial charge in [0, 0.05) is 16.8 Å². The molecular weight excluding hydrogens is 472 g/mol. The maximum Gasteiger partial charge on any atom is 0.411 e. The van der Waals surface area contributed by atoms with E-state index in [4.69, 9.17) is 4.74 Å². The van der Waals surface area contributed by atoms with Crippen LogP contribution in [0.4, 0.5) is 15.3 Å². The Bertz CT molecular complexity index is 1390. The lowest BCUT2D eigenvalue weighted by Crippen LogP contribution is -2.34. The zero-order chi connectivity index (χ0) is 26.0. The molecule has 9 heteroatoms.